The van der Waals surface area contributed by atoms with Crippen LogP contribution in [0.1, 0.15) is 71.6 Å². The first kappa shape index (κ1) is 30.1. The molecule has 0 nitrogen and oxygen atoms in total. The topological polar surface area (TPSA) is 0 Å². The zero-order chi connectivity index (χ0) is 24.3. The van der Waals surface area contributed by atoms with Gasteiger partial charge in [0.15, 0.2) is 0 Å². The normalized spacial score (nSPS) is 17.3. The summed E-state index contributed by atoms with van der Waals surface area (Å²) in [4.78, 5) is 0. The van der Waals surface area contributed by atoms with E-state index in [-0.39, 0.29) is 22.2 Å². The summed E-state index contributed by atoms with van der Waals surface area (Å²) < 4.78 is 0.722. The second kappa shape index (κ2) is 10.7. The van der Waals surface area contributed by atoms with Gasteiger partial charge in [-0.3, -0.25) is 0 Å². The van der Waals surface area contributed by atoms with Gasteiger partial charge in [0, 0.05) is 0 Å². The van der Waals surface area contributed by atoms with Gasteiger partial charge in [-0.05, 0) is 0 Å². The van der Waals surface area contributed by atoms with Crippen LogP contribution in [0.25, 0.3) is 16.7 Å². The second-order valence-electron chi connectivity index (χ2n) is 11.8. The smallest absolute Gasteiger partial charge is 0.0626 e. The quantitative estimate of drug-likeness (QED) is 0.384. The third kappa shape index (κ3) is 5.31. The van der Waals surface area contributed by atoms with Crippen LogP contribution in [0.2, 0.25) is 18.6 Å². The average molecular weight is 562 g/mol. The standard InChI is InChI=1S/C24H29.C7H11Si.2BH4.Zr/c1-14-13-21-17(4)16(3)18(5)22(23(21)15(14)2)19-9-11-20(12-10-19)24(6,7)8;1-8(2)7-5-3-4-6-7;;;/h9-13H,1-8H3;3-7H,1-2H3;2*1H4;/q;;2*-1;+2. The second-order valence-corrected chi connectivity index (χ2v) is 29.2. The maximum Gasteiger partial charge on any atom is -0.0626 e. The molecule has 4 heteroatoms. The van der Waals surface area contributed by atoms with Gasteiger partial charge >= 0.3 is 215 Å². The minimum Gasteiger partial charge on any atom is -0.0626 e. The van der Waals surface area contributed by atoms with E-state index in [1.165, 1.54) is 27.8 Å². The zero-order valence-electron chi connectivity index (χ0n) is 22.3. The first-order valence-corrected chi connectivity index (χ1v) is 20.6. The van der Waals surface area contributed by atoms with E-state index in [0.29, 0.717) is 0 Å². The van der Waals surface area contributed by atoms with E-state index in [1.54, 1.807) is 27.8 Å². The Morgan fingerprint density at radius 2 is 1.29 bits per heavy atom. The minimum absolute atomic E-state index is 0. The molecule has 2 aliphatic carbocycles. The van der Waals surface area contributed by atoms with Crippen LogP contribution < -0.4 is 0 Å². The van der Waals surface area contributed by atoms with Gasteiger partial charge in [-0.25, -0.2) is 0 Å². The van der Waals surface area contributed by atoms with Crippen LogP contribution in [0.15, 0.2) is 54.1 Å². The Morgan fingerprint density at radius 1 is 0.743 bits per heavy atom. The molecule has 2 aliphatic rings. The van der Waals surface area contributed by atoms with Crippen molar-refractivity contribution in [2.45, 2.75) is 83.1 Å². The van der Waals surface area contributed by atoms with Crippen molar-refractivity contribution < 1.29 is 22.4 Å². The van der Waals surface area contributed by atoms with Gasteiger partial charge in [-0.1, -0.05) is 16.8 Å². The molecular formula is C31H48B2SiZr. The van der Waals surface area contributed by atoms with Crippen LogP contribution in [-0.4, -0.2) is 22.0 Å². The van der Waals surface area contributed by atoms with Crippen molar-refractivity contribution in [2.75, 3.05) is 0 Å². The van der Waals surface area contributed by atoms with Crippen molar-refractivity contribution in [3.05, 3.63) is 87.5 Å². The molecule has 4 rings (SSSR count). The first-order valence-electron chi connectivity index (χ1n) is 12.4. The molecule has 2 aromatic carbocycles. The molecule has 0 aliphatic heterocycles. The summed E-state index contributed by atoms with van der Waals surface area (Å²) in [6, 6.07) is 9.45. The van der Waals surface area contributed by atoms with Gasteiger partial charge in [-0.2, -0.15) is 0 Å². The Kier molecular flexibility index (Phi) is 9.21. The fraction of sp³-hybridized carbons (Fsp3) is 0.419. The van der Waals surface area contributed by atoms with E-state index >= 15 is 0 Å². The largest absolute Gasteiger partial charge is 0.0626 e. The van der Waals surface area contributed by atoms with E-state index in [9.17, 15) is 0 Å². The maximum absolute atomic E-state index is 2.66. The molecule has 0 heterocycles. The molecule has 1 unspecified atom stereocenters. The van der Waals surface area contributed by atoms with Crippen molar-refractivity contribution in [1.29, 1.82) is 0 Å². The number of hydrogen-bond donors (Lipinski definition) is 0. The summed E-state index contributed by atoms with van der Waals surface area (Å²) in [6.07, 6.45) is 9.50. The first-order chi connectivity index (χ1) is 15.3. The van der Waals surface area contributed by atoms with Gasteiger partial charge in [0.25, 0.3) is 0 Å². The predicted molar refractivity (Wildman–Crippen MR) is 168 cm³/mol. The fourth-order valence-electron chi connectivity index (χ4n) is 5.62. The van der Waals surface area contributed by atoms with Gasteiger partial charge in [0.2, 0.25) is 0 Å². The molecule has 0 saturated carbocycles. The summed E-state index contributed by atoms with van der Waals surface area (Å²) in [6.45, 7) is 24.2. The van der Waals surface area contributed by atoms with E-state index in [1.807, 2.05) is 0 Å². The third-order valence-electron chi connectivity index (χ3n) is 8.25. The predicted octanol–water partition coefficient (Wildman–Crippen LogP) is 6.31. The number of hydrogen-bond acceptors (Lipinski definition) is 0. The number of benzene rings is 2. The van der Waals surface area contributed by atoms with Crippen molar-refractivity contribution in [1.82, 2.24) is 0 Å². The van der Waals surface area contributed by atoms with Crippen molar-refractivity contribution >= 4 is 27.6 Å². The molecule has 186 valence electrons. The van der Waals surface area contributed by atoms with Crippen molar-refractivity contribution in [2.24, 2.45) is 0 Å². The maximum atomic E-state index is 2.66. The number of allylic oxidation sites excluding steroid dienone is 6. The molecule has 2 aromatic rings. The molecule has 0 saturated heterocycles. The van der Waals surface area contributed by atoms with Crippen LogP contribution >= 0.6 is 0 Å². The molecule has 0 amide bonds. The summed E-state index contributed by atoms with van der Waals surface area (Å²) in [5.41, 5.74) is 16.2. The van der Waals surface area contributed by atoms with Crippen molar-refractivity contribution in [3.63, 3.8) is 0 Å². The Morgan fingerprint density at radius 3 is 1.80 bits per heavy atom. The summed E-state index contributed by atoms with van der Waals surface area (Å²) in [7, 11) is 0. The SMILES string of the molecule is CC1=C(C)[CH]([Zr+2][Si](C)(C)C2C=CC=C2)c2c(C)c(C)c(C)c(-c3ccc(C(C)(C)C)cc3)c21.[BH4-].[BH4-]. The molecule has 0 N–H and O–H groups in total. The van der Waals surface area contributed by atoms with Crippen LogP contribution in [0, 0.1) is 20.8 Å². The molecule has 0 spiro atoms. The van der Waals surface area contributed by atoms with Crippen LogP contribution in [0.4, 0.5) is 0 Å². The Bertz CT molecular complexity index is 1180. The molecule has 0 fully saturated rings. The Hall–Kier alpha value is -1.11. The van der Waals surface area contributed by atoms with Crippen LogP contribution in [0.3, 0.4) is 0 Å². The molecule has 35 heavy (non-hydrogen) atoms. The van der Waals surface area contributed by atoms with E-state index in [0.717, 1.165) is 9.17 Å². The monoisotopic (exact) mass is 560 g/mol. The Labute approximate surface area is 230 Å². The molecule has 0 radical (unpaired) electrons. The van der Waals surface area contributed by atoms with E-state index < -0.39 is 27.6 Å². The molecule has 0 bridgehead atoms. The van der Waals surface area contributed by atoms with Gasteiger partial charge < -0.3 is 0 Å². The molecule has 0 aromatic heterocycles. The molecular weight excluding hydrogens is 513 g/mol. The fourth-order valence-corrected chi connectivity index (χ4v) is 20.5. The Balaban J connectivity index is 0.00000216. The van der Waals surface area contributed by atoms with Gasteiger partial charge in [0.05, 0.1) is 0 Å². The number of rotatable bonds is 4. The minimum atomic E-state index is -1.29. The summed E-state index contributed by atoms with van der Waals surface area (Å²) in [5.74, 6) is 0. The van der Waals surface area contributed by atoms with Gasteiger partial charge in [-0.15, -0.1) is 0 Å². The van der Waals surface area contributed by atoms with Crippen LogP contribution in [-0.2, 0) is 27.8 Å². The van der Waals surface area contributed by atoms with Crippen LogP contribution in [0.5, 0.6) is 0 Å². The molecule has 1 atom stereocenters. The van der Waals surface area contributed by atoms with Crippen molar-refractivity contribution in [3.8, 4) is 11.1 Å². The number of fused-ring (bicyclic) bond motifs is 1. The summed E-state index contributed by atoms with van der Waals surface area (Å²) in [5, 5.41) is -1.29. The zero-order valence-corrected chi connectivity index (χ0v) is 25.7. The van der Waals surface area contributed by atoms with E-state index in [4.69, 9.17) is 0 Å². The summed E-state index contributed by atoms with van der Waals surface area (Å²) >= 11 is -0.654. The van der Waals surface area contributed by atoms with E-state index in [2.05, 4.69) is 117 Å². The average Bonchev–Trinajstić information content (AvgIpc) is 3.37. The van der Waals surface area contributed by atoms with Gasteiger partial charge in [0.1, 0.15) is 0 Å². The third-order valence-corrected chi connectivity index (χ3v) is 23.2.